The van der Waals surface area contributed by atoms with Gasteiger partial charge < -0.3 is 14.9 Å². The van der Waals surface area contributed by atoms with Gasteiger partial charge in [-0.15, -0.1) is 0 Å². The second-order valence-electron chi connectivity index (χ2n) is 5.32. The van der Waals surface area contributed by atoms with E-state index in [9.17, 15) is 9.90 Å². The number of nitrogens with zero attached hydrogens (tertiary/aromatic N) is 2. The van der Waals surface area contributed by atoms with Gasteiger partial charge in [0.25, 0.3) is 0 Å². The summed E-state index contributed by atoms with van der Waals surface area (Å²) in [6, 6.07) is 0.199. The van der Waals surface area contributed by atoms with Crippen molar-refractivity contribution in [3.05, 3.63) is 0 Å². The van der Waals surface area contributed by atoms with Crippen molar-refractivity contribution >= 4 is 6.03 Å². The summed E-state index contributed by atoms with van der Waals surface area (Å²) in [6.07, 6.45) is 6.88. The molecule has 0 aromatic rings. The molecule has 17 heavy (non-hydrogen) atoms. The van der Waals surface area contributed by atoms with Crippen molar-refractivity contribution in [2.45, 2.75) is 38.5 Å². The van der Waals surface area contributed by atoms with Gasteiger partial charge in [-0.2, -0.15) is 0 Å². The van der Waals surface area contributed by atoms with Gasteiger partial charge in [0.15, 0.2) is 0 Å². The van der Waals surface area contributed by atoms with E-state index in [1.165, 1.54) is 12.8 Å². The minimum atomic E-state index is 0.199. The largest absolute Gasteiger partial charge is 0.396 e. The van der Waals surface area contributed by atoms with Crippen LogP contribution < -0.4 is 0 Å². The molecule has 2 saturated heterocycles. The maximum atomic E-state index is 12.3. The van der Waals surface area contributed by atoms with Crippen molar-refractivity contribution in [1.82, 2.24) is 9.80 Å². The van der Waals surface area contributed by atoms with Crippen LogP contribution in [0.4, 0.5) is 4.79 Å². The normalized spacial score (nSPS) is 26.8. The van der Waals surface area contributed by atoms with Crippen molar-refractivity contribution in [3.63, 3.8) is 0 Å². The minimum absolute atomic E-state index is 0.199. The molecule has 2 rings (SSSR count). The van der Waals surface area contributed by atoms with Crippen LogP contribution in [0.1, 0.15) is 38.5 Å². The van der Waals surface area contributed by atoms with E-state index in [4.69, 9.17) is 0 Å². The third kappa shape index (κ3) is 3.35. The first kappa shape index (κ1) is 12.7. The number of aliphatic hydroxyl groups excluding tert-OH is 1. The Balaban J connectivity index is 1.89. The van der Waals surface area contributed by atoms with Crippen LogP contribution in [0.2, 0.25) is 0 Å². The van der Waals surface area contributed by atoms with E-state index in [-0.39, 0.29) is 12.6 Å². The molecule has 4 nitrogen and oxygen atoms in total. The SMILES string of the molecule is O=C(N1CCCCCC1)N1CCCC(CO)C1. The molecule has 0 aromatic carbocycles. The quantitative estimate of drug-likeness (QED) is 0.758. The van der Waals surface area contributed by atoms with Gasteiger partial charge in [-0.05, 0) is 31.6 Å². The number of hydrogen-bond donors (Lipinski definition) is 1. The average molecular weight is 240 g/mol. The van der Waals surface area contributed by atoms with Gasteiger partial charge in [-0.3, -0.25) is 0 Å². The van der Waals surface area contributed by atoms with Crippen molar-refractivity contribution < 1.29 is 9.90 Å². The lowest BCUT2D eigenvalue weighted by Gasteiger charge is -2.35. The highest BCUT2D eigenvalue weighted by atomic mass is 16.3. The fraction of sp³-hybridized carbons (Fsp3) is 0.923. The summed E-state index contributed by atoms with van der Waals surface area (Å²) in [7, 11) is 0. The molecule has 4 heteroatoms. The molecule has 1 N–H and O–H groups in total. The summed E-state index contributed by atoms with van der Waals surface area (Å²) in [4.78, 5) is 16.3. The van der Waals surface area contributed by atoms with Crippen LogP contribution in [0.15, 0.2) is 0 Å². The summed E-state index contributed by atoms with van der Waals surface area (Å²) in [5.74, 6) is 0.291. The summed E-state index contributed by atoms with van der Waals surface area (Å²) in [5, 5.41) is 9.19. The fourth-order valence-electron chi connectivity index (χ4n) is 2.85. The van der Waals surface area contributed by atoms with E-state index in [0.717, 1.165) is 51.9 Å². The molecule has 0 aliphatic carbocycles. The lowest BCUT2D eigenvalue weighted by Crippen LogP contribution is -2.48. The van der Waals surface area contributed by atoms with Gasteiger partial charge in [0.1, 0.15) is 0 Å². The van der Waals surface area contributed by atoms with E-state index < -0.39 is 0 Å². The van der Waals surface area contributed by atoms with Gasteiger partial charge in [0.05, 0.1) is 0 Å². The predicted molar refractivity (Wildman–Crippen MR) is 66.8 cm³/mol. The highest BCUT2D eigenvalue weighted by Crippen LogP contribution is 2.19. The zero-order chi connectivity index (χ0) is 12.1. The van der Waals surface area contributed by atoms with Crippen LogP contribution in [0.5, 0.6) is 0 Å². The highest BCUT2D eigenvalue weighted by molar-refractivity contribution is 5.74. The van der Waals surface area contributed by atoms with Crippen molar-refractivity contribution in [2.24, 2.45) is 5.92 Å². The highest BCUT2D eigenvalue weighted by Gasteiger charge is 2.26. The number of urea groups is 1. The van der Waals surface area contributed by atoms with Crippen molar-refractivity contribution in [1.29, 1.82) is 0 Å². The average Bonchev–Trinajstić information content (AvgIpc) is 2.67. The van der Waals surface area contributed by atoms with Gasteiger partial charge in [0.2, 0.25) is 0 Å². The number of aliphatic hydroxyl groups is 1. The third-order valence-corrected chi connectivity index (χ3v) is 3.92. The van der Waals surface area contributed by atoms with Crippen LogP contribution in [0.25, 0.3) is 0 Å². The molecule has 2 amide bonds. The van der Waals surface area contributed by atoms with E-state index in [1.807, 2.05) is 9.80 Å². The lowest BCUT2D eigenvalue weighted by molar-refractivity contribution is 0.107. The van der Waals surface area contributed by atoms with E-state index in [2.05, 4.69) is 0 Å². The number of amides is 2. The first-order valence-electron chi connectivity index (χ1n) is 6.96. The summed E-state index contributed by atoms with van der Waals surface area (Å²) < 4.78 is 0. The van der Waals surface area contributed by atoms with Crippen LogP contribution in [0.3, 0.4) is 0 Å². The van der Waals surface area contributed by atoms with Crippen LogP contribution in [0, 0.1) is 5.92 Å². The van der Waals surface area contributed by atoms with Crippen molar-refractivity contribution in [2.75, 3.05) is 32.8 Å². The zero-order valence-electron chi connectivity index (χ0n) is 10.6. The number of carbonyl (C=O) groups excluding carboxylic acids is 1. The number of likely N-dealkylation sites (tertiary alicyclic amines) is 2. The molecule has 1 atom stereocenters. The number of hydrogen-bond acceptors (Lipinski definition) is 2. The molecule has 0 spiro atoms. The molecule has 98 valence electrons. The molecule has 2 fully saturated rings. The summed E-state index contributed by atoms with van der Waals surface area (Å²) in [6.45, 7) is 3.65. The molecule has 0 saturated carbocycles. The molecule has 0 bridgehead atoms. The Kier molecular flexibility index (Phi) is 4.66. The zero-order valence-corrected chi connectivity index (χ0v) is 10.6. The minimum Gasteiger partial charge on any atom is -0.396 e. The third-order valence-electron chi connectivity index (χ3n) is 3.92. The van der Waals surface area contributed by atoms with Gasteiger partial charge in [-0.25, -0.2) is 4.79 Å². The van der Waals surface area contributed by atoms with E-state index in [0.29, 0.717) is 5.92 Å². The molecular formula is C13H24N2O2. The standard InChI is InChI=1S/C13H24N2O2/c16-11-12-6-5-9-15(10-12)13(17)14-7-3-1-2-4-8-14/h12,16H,1-11H2. The van der Waals surface area contributed by atoms with Crippen LogP contribution >= 0.6 is 0 Å². The fourth-order valence-corrected chi connectivity index (χ4v) is 2.85. The van der Waals surface area contributed by atoms with Gasteiger partial charge >= 0.3 is 6.03 Å². The molecular weight excluding hydrogens is 216 g/mol. The topological polar surface area (TPSA) is 43.8 Å². The smallest absolute Gasteiger partial charge is 0.320 e. The number of carbonyl (C=O) groups is 1. The van der Waals surface area contributed by atoms with Crippen LogP contribution in [-0.4, -0.2) is 53.7 Å². The second-order valence-corrected chi connectivity index (χ2v) is 5.32. The Morgan fingerprint density at radius 3 is 2.29 bits per heavy atom. The molecule has 1 unspecified atom stereocenters. The van der Waals surface area contributed by atoms with Gasteiger partial charge in [0, 0.05) is 32.8 Å². The summed E-state index contributed by atoms with van der Waals surface area (Å²) in [5.41, 5.74) is 0. The van der Waals surface area contributed by atoms with E-state index >= 15 is 0 Å². The second kappa shape index (κ2) is 6.24. The van der Waals surface area contributed by atoms with Crippen LogP contribution in [-0.2, 0) is 0 Å². The Morgan fingerprint density at radius 2 is 1.65 bits per heavy atom. The number of rotatable bonds is 1. The first-order valence-corrected chi connectivity index (χ1v) is 6.96. The molecule has 0 aromatic heterocycles. The monoisotopic (exact) mass is 240 g/mol. The van der Waals surface area contributed by atoms with E-state index in [1.54, 1.807) is 0 Å². The van der Waals surface area contributed by atoms with Crippen molar-refractivity contribution in [3.8, 4) is 0 Å². The molecule has 2 aliphatic rings. The Bertz CT molecular complexity index is 250. The predicted octanol–water partition coefficient (Wildman–Crippen LogP) is 1.69. The first-order chi connectivity index (χ1) is 8.31. The molecule has 2 aliphatic heterocycles. The maximum absolute atomic E-state index is 12.3. The Morgan fingerprint density at radius 1 is 1.00 bits per heavy atom. The summed E-state index contributed by atoms with van der Waals surface area (Å²) >= 11 is 0. The molecule has 2 heterocycles. The Labute approximate surface area is 104 Å². The molecule has 0 radical (unpaired) electrons. The number of piperidine rings is 1. The Hall–Kier alpha value is -0.770. The van der Waals surface area contributed by atoms with Gasteiger partial charge in [-0.1, -0.05) is 12.8 Å². The maximum Gasteiger partial charge on any atom is 0.320 e. The lowest BCUT2D eigenvalue weighted by atomic mass is 9.99.